The van der Waals surface area contributed by atoms with Gasteiger partial charge in [-0.25, -0.2) is 0 Å². The number of rotatable bonds is 14. The SMILES string of the molecule is CCCCN(CCc1ccc(C(=O)N[C@@H](CCSC)C(=O)[O-])c(-c2ccccc2C)c1)C(=O)C1CCCCC1.[Li+]. The molecule has 3 rings (SSSR count). The Morgan fingerprint density at radius 2 is 1.77 bits per heavy atom. The second-order valence-electron chi connectivity index (χ2n) is 10.6. The smallest absolute Gasteiger partial charge is 0.548 e. The van der Waals surface area contributed by atoms with E-state index in [2.05, 4.69) is 12.2 Å². The molecule has 2 aromatic rings. The van der Waals surface area contributed by atoms with E-state index in [0.29, 0.717) is 30.7 Å². The number of benzene rings is 2. The van der Waals surface area contributed by atoms with Crippen molar-refractivity contribution in [1.29, 1.82) is 0 Å². The van der Waals surface area contributed by atoms with Gasteiger partial charge in [-0.1, -0.05) is 69.0 Å². The molecule has 212 valence electrons. The molecule has 0 bridgehead atoms. The van der Waals surface area contributed by atoms with Crippen molar-refractivity contribution >= 4 is 29.5 Å². The van der Waals surface area contributed by atoms with E-state index in [1.807, 2.05) is 54.5 Å². The number of carboxylic acids is 1. The van der Waals surface area contributed by atoms with E-state index in [1.165, 1.54) is 18.2 Å². The quantitative estimate of drug-likeness (QED) is 0.359. The van der Waals surface area contributed by atoms with E-state index in [9.17, 15) is 19.5 Å². The van der Waals surface area contributed by atoms with Crippen LogP contribution in [0.4, 0.5) is 0 Å². The van der Waals surface area contributed by atoms with Crippen LogP contribution >= 0.6 is 11.8 Å². The molecule has 6 nitrogen and oxygen atoms in total. The Morgan fingerprint density at radius 1 is 1.05 bits per heavy atom. The number of thioether (sulfide) groups is 1. The Labute approximate surface area is 256 Å². The van der Waals surface area contributed by atoms with Gasteiger partial charge in [-0.2, -0.15) is 11.8 Å². The molecule has 0 saturated heterocycles. The molecule has 0 spiro atoms. The fraction of sp³-hybridized carbons (Fsp3) is 0.531. The van der Waals surface area contributed by atoms with Crippen molar-refractivity contribution in [1.82, 2.24) is 10.2 Å². The molecule has 0 aromatic heterocycles. The third-order valence-corrected chi connectivity index (χ3v) is 8.33. The van der Waals surface area contributed by atoms with Crippen molar-refractivity contribution in [3.63, 3.8) is 0 Å². The minimum atomic E-state index is -1.28. The zero-order chi connectivity index (χ0) is 28.2. The molecule has 0 heterocycles. The zero-order valence-corrected chi connectivity index (χ0v) is 25.5. The van der Waals surface area contributed by atoms with Crippen LogP contribution in [0.5, 0.6) is 0 Å². The number of carbonyl (C=O) groups excluding carboxylic acids is 3. The minimum absolute atomic E-state index is 0. The summed E-state index contributed by atoms with van der Waals surface area (Å²) < 4.78 is 0. The molecule has 1 aliphatic rings. The maximum absolute atomic E-state index is 13.4. The Kier molecular flexibility index (Phi) is 14.9. The first-order valence-electron chi connectivity index (χ1n) is 14.3. The normalized spacial score (nSPS) is 14.2. The number of nitrogens with one attached hydrogen (secondary N) is 1. The van der Waals surface area contributed by atoms with Crippen molar-refractivity contribution in [2.24, 2.45) is 5.92 Å². The van der Waals surface area contributed by atoms with Gasteiger partial charge in [0.2, 0.25) is 5.91 Å². The molecule has 2 amide bonds. The third-order valence-electron chi connectivity index (χ3n) is 7.68. The van der Waals surface area contributed by atoms with Crippen LogP contribution in [-0.2, 0) is 16.0 Å². The van der Waals surface area contributed by atoms with E-state index in [-0.39, 0.29) is 30.7 Å². The number of carboxylic acid groups (broad SMARTS) is 1. The number of aliphatic carboxylic acids is 1. The maximum Gasteiger partial charge on any atom is 1.00 e. The van der Waals surface area contributed by atoms with Crippen molar-refractivity contribution < 1.29 is 38.4 Å². The van der Waals surface area contributed by atoms with E-state index >= 15 is 0 Å². The average Bonchev–Trinajstić information content (AvgIpc) is 2.95. The summed E-state index contributed by atoms with van der Waals surface area (Å²) in [4.78, 5) is 40.4. The predicted molar refractivity (Wildman–Crippen MR) is 158 cm³/mol. The summed E-state index contributed by atoms with van der Waals surface area (Å²) in [6, 6.07) is 12.6. The largest absolute Gasteiger partial charge is 1.00 e. The minimum Gasteiger partial charge on any atom is -0.548 e. The van der Waals surface area contributed by atoms with Crippen LogP contribution in [0.15, 0.2) is 42.5 Å². The van der Waals surface area contributed by atoms with Gasteiger partial charge in [-0.3, -0.25) is 9.59 Å². The molecule has 1 atom stereocenters. The number of hydrogen-bond donors (Lipinski definition) is 1. The predicted octanol–water partition coefficient (Wildman–Crippen LogP) is 2.02. The number of nitrogens with zero attached hydrogens (tertiary/aromatic N) is 1. The molecule has 40 heavy (non-hydrogen) atoms. The van der Waals surface area contributed by atoms with Crippen molar-refractivity contribution in [3.8, 4) is 11.1 Å². The summed E-state index contributed by atoms with van der Waals surface area (Å²) in [6.07, 6.45) is 10.4. The molecule has 0 aliphatic heterocycles. The topological polar surface area (TPSA) is 89.5 Å². The molecule has 0 unspecified atom stereocenters. The van der Waals surface area contributed by atoms with E-state index in [1.54, 1.807) is 6.07 Å². The molecule has 8 heteroatoms. The fourth-order valence-corrected chi connectivity index (χ4v) is 5.79. The van der Waals surface area contributed by atoms with Gasteiger partial charge < -0.3 is 20.1 Å². The molecule has 1 fully saturated rings. The molecular formula is C32H43LiN2O4S. The zero-order valence-electron chi connectivity index (χ0n) is 24.7. The van der Waals surface area contributed by atoms with Gasteiger partial charge in [-0.05, 0) is 79.4 Å². The van der Waals surface area contributed by atoms with Crippen LogP contribution in [0.1, 0.15) is 79.8 Å². The monoisotopic (exact) mass is 558 g/mol. The van der Waals surface area contributed by atoms with Crippen molar-refractivity contribution in [2.45, 2.75) is 77.7 Å². The molecule has 1 N–H and O–H groups in total. The first-order valence-corrected chi connectivity index (χ1v) is 15.7. The summed E-state index contributed by atoms with van der Waals surface area (Å²) >= 11 is 1.53. The first-order chi connectivity index (χ1) is 18.8. The maximum atomic E-state index is 13.4. The summed E-state index contributed by atoms with van der Waals surface area (Å²) in [7, 11) is 0. The van der Waals surface area contributed by atoms with E-state index in [4.69, 9.17) is 0 Å². The van der Waals surface area contributed by atoms with Gasteiger partial charge in [-0.15, -0.1) is 0 Å². The van der Waals surface area contributed by atoms with Crippen LogP contribution in [-0.4, -0.2) is 53.8 Å². The Balaban J connectivity index is 0.00000560. The standard InChI is InChI=1S/C32H44N2O4S.Li/c1-4-5-19-34(31(36)25-12-7-6-8-13-25)20-17-24-15-16-27(28(22-24)26-14-10-9-11-23(26)2)30(35)33-29(32(37)38)18-21-39-3;/h9-11,14-16,22,25,29H,4-8,12-13,17-21H2,1-3H3,(H,33,35)(H,37,38);/q;+1/p-1/t29-;/m0./s1. The number of hydrogen-bond acceptors (Lipinski definition) is 5. The van der Waals surface area contributed by atoms with Crippen LogP contribution in [0.2, 0.25) is 0 Å². The van der Waals surface area contributed by atoms with Gasteiger partial charge in [0.05, 0.1) is 12.0 Å². The van der Waals surface area contributed by atoms with Gasteiger partial charge in [0, 0.05) is 24.6 Å². The molecule has 1 saturated carbocycles. The number of aryl methyl sites for hydroxylation is 1. The van der Waals surface area contributed by atoms with Gasteiger partial charge in [0.1, 0.15) is 0 Å². The Hall–Kier alpha value is -2.20. The van der Waals surface area contributed by atoms with Gasteiger partial charge in [0.15, 0.2) is 0 Å². The van der Waals surface area contributed by atoms with E-state index in [0.717, 1.165) is 67.3 Å². The Morgan fingerprint density at radius 3 is 2.42 bits per heavy atom. The molecule has 1 aliphatic carbocycles. The van der Waals surface area contributed by atoms with Crippen LogP contribution in [0.3, 0.4) is 0 Å². The molecular weight excluding hydrogens is 515 g/mol. The Bertz CT molecular complexity index is 1120. The fourth-order valence-electron chi connectivity index (χ4n) is 5.32. The second kappa shape index (κ2) is 17.6. The summed E-state index contributed by atoms with van der Waals surface area (Å²) in [5.41, 5.74) is 4.20. The average molecular weight is 559 g/mol. The van der Waals surface area contributed by atoms with Crippen LogP contribution < -0.4 is 29.3 Å². The van der Waals surface area contributed by atoms with E-state index < -0.39 is 17.9 Å². The molecule has 0 radical (unpaired) electrons. The summed E-state index contributed by atoms with van der Waals surface area (Å²) in [5.74, 6) is -0.659. The summed E-state index contributed by atoms with van der Waals surface area (Å²) in [5, 5.41) is 14.3. The van der Waals surface area contributed by atoms with Gasteiger partial charge >= 0.3 is 18.9 Å². The first kappa shape index (κ1) is 34.0. The number of unbranched alkanes of at least 4 members (excludes halogenated alkanes) is 1. The number of carbonyl (C=O) groups is 3. The third kappa shape index (κ3) is 9.71. The number of amides is 2. The van der Waals surface area contributed by atoms with Crippen LogP contribution in [0.25, 0.3) is 11.1 Å². The second-order valence-corrected chi connectivity index (χ2v) is 11.6. The van der Waals surface area contributed by atoms with Gasteiger partial charge in [0.25, 0.3) is 5.91 Å². The molecule has 2 aromatic carbocycles. The van der Waals surface area contributed by atoms with Crippen molar-refractivity contribution in [3.05, 3.63) is 59.2 Å². The summed E-state index contributed by atoms with van der Waals surface area (Å²) in [6.45, 7) is 5.57. The van der Waals surface area contributed by atoms with Crippen LogP contribution in [0, 0.1) is 12.8 Å². The van der Waals surface area contributed by atoms with Crippen molar-refractivity contribution in [2.75, 3.05) is 25.1 Å².